The molecular weight excluding hydrogens is 302 g/mol. The zero-order valence-electron chi connectivity index (χ0n) is 14.1. The summed E-state index contributed by atoms with van der Waals surface area (Å²) in [5, 5.41) is 2.81. The van der Waals surface area contributed by atoms with Crippen molar-refractivity contribution >= 4 is 11.7 Å². The summed E-state index contributed by atoms with van der Waals surface area (Å²) >= 11 is 0. The largest absolute Gasteiger partial charge is 0.379 e. The van der Waals surface area contributed by atoms with Crippen LogP contribution in [-0.2, 0) is 23.8 Å². The number of hydrogen-bond acceptors (Lipinski definition) is 7. The molecule has 0 aromatic heterocycles. The topological polar surface area (TPSA) is 118 Å². The highest BCUT2D eigenvalue weighted by Crippen LogP contribution is 2.15. The Morgan fingerprint density at radius 3 is 2.04 bits per heavy atom. The maximum Gasteiger partial charge on any atom is 0.220 e. The molecule has 1 aliphatic rings. The Morgan fingerprint density at radius 1 is 0.913 bits per heavy atom. The van der Waals surface area contributed by atoms with Crippen LogP contribution in [0.4, 0.5) is 0 Å². The first-order chi connectivity index (χ1) is 11.0. The van der Waals surface area contributed by atoms with E-state index in [0.29, 0.717) is 59.0 Å². The van der Waals surface area contributed by atoms with Gasteiger partial charge in [-0.25, -0.2) is 10.9 Å². The summed E-state index contributed by atoms with van der Waals surface area (Å²) < 4.78 is 15.9. The third-order valence-electron chi connectivity index (χ3n) is 3.31. The maximum absolute atomic E-state index is 11.5. The molecule has 0 bridgehead atoms. The van der Waals surface area contributed by atoms with Crippen LogP contribution in [0.15, 0.2) is 0 Å². The van der Waals surface area contributed by atoms with E-state index in [2.05, 4.69) is 16.2 Å². The molecule has 3 N–H and O–H groups in total. The lowest BCUT2D eigenvalue weighted by atomic mass is 10.1. The van der Waals surface area contributed by atoms with Gasteiger partial charge in [-0.05, 0) is 20.3 Å². The van der Waals surface area contributed by atoms with Crippen LogP contribution in [0.1, 0.15) is 33.1 Å². The van der Waals surface area contributed by atoms with Crippen molar-refractivity contribution in [3.05, 3.63) is 0 Å². The van der Waals surface area contributed by atoms with Crippen LogP contribution in [-0.4, -0.2) is 63.5 Å². The summed E-state index contributed by atoms with van der Waals surface area (Å²) in [4.78, 5) is 22.2. The molecule has 8 heteroatoms. The summed E-state index contributed by atoms with van der Waals surface area (Å²) in [6.45, 7) is 6.90. The number of hydrogen-bond donors (Lipinski definition) is 3. The van der Waals surface area contributed by atoms with Crippen LogP contribution < -0.4 is 16.2 Å². The molecule has 0 aromatic carbocycles. The lowest BCUT2D eigenvalue weighted by Gasteiger charge is -2.08. The SMILES string of the molecule is CC(=O)CCOCCOCCOCCNC(=O)CCC1(C)NN1. The highest BCUT2D eigenvalue weighted by Gasteiger charge is 2.35. The van der Waals surface area contributed by atoms with E-state index < -0.39 is 0 Å². The van der Waals surface area contributed by atoms with Gasteiger partial charge in [0.2, 0.25) is 5.91 Å². The van der Waals surface area contributed by atoms with Gasteiger partial charge < -0.3 is 19.5 Å². The van der Waals surface area contributed by atoms with E-state index in [0.717, 1.165) is 6.42 Å². The van der Waals surface area contributed by atoms with Gasteiger partial charge in [-0.1, -0.05) is 0 Å². The van der Waals surface area contributed by atoms with Crippen LogP contribution in [0.25, 0.3) is 0 Å². The lowest BCUT2D eigenvalue weighted by molar-refractivity contribution is -0.121. The third kappa shape index (κ3) is 12.1. The van der Waals surface area contributed by atoms with E-state index in [1.54, 1.807) is 6.92 Å². The summed E-state index contributed by atoms with van der Waals surface area (Å²) in [5.74, 6) is 0.158. The van der Waals surface area contributed by atoms with Crippen LogP contribution in [0.3, 0.4) is 0 Å². The molecule has 0 aromatic rings. The molecule has 0 aliphatic carbocycles. The van der Waals surface area contributed by atoms with Gasteiger partial charge in [0.15, 0.2) is 0 Å². The normalized spacial score (nSPS) is 15.4. The minimum Gasteiger partial charge on any atom is -0.379 e. The summed E-state index contributed by atoms with van der Waals surface area (Å²) in [6, 6.07) is 0. The smallest absolute Gasteiger partial charge is 0.220 e. The Bertz CT molecular complexity index is 361. The second-order valence-electron chi connectivity index (χ2n) is 5.72. The molecule has 1 rings (SSSR count). The van der Waals surface area contributed by atoms with E-state index in [1.807, 2.05) is 6.92 Å². The first-order valence-electron chi connectivity index (χ1n) is 8.05. The van der Waals surface area contributed by atoms with Crippen LogP contribution in [0.5, 0.6) is 0 Å². The summed E-state index contributed by atoms with van der Waals surface area (Å²) in [6.07, 6.45) is 1.70. The van der Waals surface area contributed by atoms with E-state index >= 15 is 0 Å². The standard InChI is InChI=1S/C15H29N3O5/c1-13(19)4-7-21-9-11-23-12-10-22-8-6-16-14(20)3-5-15(2)17-18-15/h17-18H,3-12H2,1-2H3,(H,16,20). The zero-order valence-corrected chi connectivity index (χ0v) is 14.1. The lowest BCUT2D eigenvalue weighted by Crippen LogP contribution is -2.29. The van der Waals surface area contributed by atoms with Gasteiger partial charge in [0.05, 0.1) is 45.3 Å². The van der Waals surface area contributed by atoms with E-state index in [4.69, 9.17) is 14.2 Å². The summed E-state index contributed by atoms with van der Waals surface area (Å²) in [7, 11) is 0. The molecule has 134 valence electrons. The van der Waals surface area contributed by atoms with Gasteiger partial charge in [-0.2, -0.15) is 0 Å². The molecule has 0 unspecified atom stereocenters. The molecule has 1 fully saturated rings. The van der Waals surface area contributed by atoms with Crippen molar-refractivity contribution in [2.75, 3.05) is 46.2 Å². The van der Waals surface area contributed by atoms with Gasteiger partial charge in [0.25, 0.3) is 0 Å². The van der Waals surface area contributed by atoms with E-state index in [9.17, 15) is 9.59 Å². The Labute approximate surface area is 137 Å². The van der Waals surface area contributed by atoms with Crippen molar-refractivity contribution in [2.24, 2.45) is 0 Å². The zero-order chi connectivity index (χ0) is 17.0. The molecule has 0 atom stereocenters. The number of ether oxygens (including phenoxy) is 3. The predicted molar refractivity (Wildman–Crippen MR) is 84.7 cm³/mol. The van der Waals surface area contributed by atoms with Crippen molar-refractivity contribution in [1.29, 1.82) is 0 Å². The van der Waals surface area contributed by atoms with Gasteiger partial charge >= 0.3 is 0 Å². The number of carbonyl (C=O) groups excluding carboxylic acids is 2. The number of amides is 1. The number of carbonyl (C=O) groups is 2. The maximum atomic E-state index is 11.5. The number of Topliss-reactive ketones (excluding diaryl/α,β-unsaturated/α-hetero) is 1. The van der Waals surface area contributed by atoms with Crippen molar-refractivity contribution < 1.29 is 23.8 Å². The monoisotopic (exact) mass is 331 g/mol. The van der Waals surface area contributed by atoms with E-state index in [1.165, 1.54) is 0 Å². The Balaban J connectivity index is 1.74. The predicted octanol–water partition coefficient (Wildman–Crippen LogP) is -0.264. The minimum absolute atomic E-state index is 0.0317. The highest BCUT2D eigenvalue weighted by atomic mass is 16.5. The molecule has 1 saturated heterocycles. The molecule has 1 aliphatic heterocycles. The average Bonchev–Trinajstić information content (AvgIpc) is 3.24. The van der Waals surface area contributed by atoms with Crippen LogP contribution in [0.2, 0.25) is 0 Å². The van der Waals surface area contributed by atoms with Gasteiger partial charge in [-0.15, -0.1) is 0 Å². The first-order valence-corrected chi connectivity index (χ1v) is 8.05. The number of hydrazine groups is 1. The van der Waals surface area contributed by atoms with Gasteiger partial charge in [0, 0.05) is 19.4 Å². The van der Waals surface area contributed by atoms with Gasteiger partial charge in [-0.3, -0.25) is 9.59 Å². The fraction of sp³-hybridized carbons (Fsp3) is 0.867. The van der Waals surface area contributed by atoms with Crippen molar-refractivity contribution in [1.82, 2.24) is 16.2 Å². The van der Waals surface area contributed by atoms with Crippen molar-refractivity contribution in [3.8, 4) is 0 Å². The third-order valence-corrected chi connectivity index (χ3v) is 3.31. The van der Waals surface area contributed by atoms with E-state index in [-0.39, 0.29) is 17.4 Å². The van der Waals surface area contributed by atoms with Crippen LogP contribution >= 0.6 is 0 Å². The number of rotatable bonds is 15. The fourth-order valence-corrected chi connectivity index (χ4v) is 1.70. The van der Waals surface area contributed by atoms with Gasteiger partial charge in [0.1, 0.15) is 5.78 Å². The Morgan fingerprint density at radius 2 is 1.48 bits per heavy atom. The molecule has 0 spiro atoms. The first kappa shape index (κ1) is 20.0. The molecule has 8 nitrogen and oxygen atoms in total. The quantitative estimate of drug-likeness (QED) is 0.279. The molecule has 1 amide bonds. The Hall–Kier alpha value is -1.06. The molecule has 1 heterocycles. The molecule has 0 radical (unpaired) electrons. The second-order valence-corrected chi connectivity index (χ2v) is 5.72. The van der Waals surface area contributed by atoms with Crippen molar-refractivity contribution in [2.45, 2.75) is 38.8 Å². The number of ketones is 1. The number of nitrogens with one attached hydrogen (secondary N) is 3. The molecule has 23 heavy (non-hydrogen) atoms. The minimum atomic E-state index is -0.0685. The fourth-order valence-electron chi connectivity index (χ4n) is 1.70. The second kappa shape index (κ2) is 11.5. The summed E-state index contributed by atoms with van der Waals surface area (Å²) in [5.41, 5.74) is 5.91. The van der Waals surface area contributed by atoms with Crippen molar-refractivity contribution in [3.63, 3.8) is 0 Å². The molecule has 0 saturated carbocycles. The van der Waals surface area contributed by atoms with Crippen LogP contribution in [0, 0.1) is 0 Å². The highest BCUT2D eigenvalue weighted by molar-refractivity contribution is 5.76. The Kier molecular flexibility index (Phi) is 9.97. The molecular formula is C15H29N3O5. The average molecular weight is 331 g/mol.